The summed E-state index contributed by atoms with van der Waals surface area (Å²) in [5, 5.41) is 3.45. The monoisotopic (exact) mass is 369 g/mol. The van der Waals surface area contributed by atoms with E-state index in [1.165, 1.54) is 11.1 Å². The number of methoxy groups -OCH3 is 3. The van der Waals surface area contributed by atoms with E-state index < -0.39 is 0 Å². The second-order valence-corrected chi connectivity index (χ2v) is 6.36. The summed E-state index contributed by atoms with van der Waals surface area (Å²) in [4.78, 5) is 6.74. The molecule has 0 saturated heterocycles. The van der Waals surface area contributed by atoms with Crippen LogP contribution in [0, 0.1) is 0 Å². The Morgan fingerprint density at radius 2 is 1.67 bits per heavy atom. The van der Waals surface area contributed by atoms with Gasteiger partial charge in [-0.1, -0.05) is 24.3 Å². The molecule has 6 heteroatoms. The molecule has 2 aromatic carbocycles. The molecule has 0 spiro atoms. The standard InChI is InChI=1S/C21H27N3O3/c1-22-21(24-10-9-15-7-5-6-8-16(15)14-24)23-13-17-11-19(26-3)20(27-4)12-18(17)25-2/h5-8,11-12H,9-10,13-14H2,1-4H3,(H,22,23). The van der Waals surface area contributed by atoms with Gasteiger partial charge in [0.1, 0.15) is 5.75 Å². The normalized spacial score (nSPS) is 13.8. The van der Waals surface area contributed by atoms with Crippen LogP contribution in [0.3, 0.4) is 0 Å². The maximum atomic E-state index is 5.52. The number of guanidine groups is 1. The van der Waals surface area contributed by atoms with Crippen LogP contribution in [0.4, 0.5) is 0 Å². The van der Waals surface area contributed by atoms with Gasteiger partial charge < -0.3 is 24.4 Å². The van der Waals surface area contributed by atoms with Crippen molar-refractivity contribution in [1.29, 1.82) is 0 Å². The predicted octanol–water partition coefficient (Wildman–Crippen LogP) is 2.85. The minimum absolute atomic E-state index is 0.578. The smallest absolute Gasteiger partial charge is 0.194 e. The summed E-state index contributed by atoms with van der Waals surface area (Å²) in [6.45, 7) is 2.38. The average Bonchev–Trinajstić information content (AvgIpc) is 2.73. The first kappa shape index (κ1) is 18.9. The summed E-state index contributed by atoms with van der Waals surface area (Å²) in [6, 6.07) is 12.4. The minimum atomic E-state index is 0.578. The van der Waals surface area contributed by atoms with Crippen LogP contribution in [0.1, 0.15) is 16.7 Å². The molecule has 0 atom stereocenters. The fraction of sp³-hybridized carbons (Fsp3) is 0.381. The molecule has 0 bridgehead atoms. The molecule has 1 N–H and O–H groups in total. The van der Waals surface area contributed by atoms with Crippen molar-refractivity contribution in [2.24, 2.45) is 4.99 Å². The fourth-order valence-corrected chi connectivity index (χ4v) is 3.41. The molecule has 0 aromatic heterocycles. The summed E-state index contributed by atoms with van der Waals surface area (Å²) in [5.74, 6) is 2.95. The fourth-order valence-electron chi connectivity index (χ4n) is 3.41. The molecule has 0 amide bonds. The summed E-state index contributed by atoms with van der Waals surface area (Å²) in [7, 11) is 6.72. The van der Waals surface area contributed by atoms with E-state index in [-0.39, 0.29) is 0 Å². The molecule has 0 saturated carbocycles. The third-order valence-corrected chi connectivity index (χ3v) is 4.87. The number of nitrogens with zero attached hydrogens (tertiary/aromatic N) is 2. The Labute approximate surface area is 160 Å². The maximum absolute atomic E-state index is 5.52. The first-order valence-electron chi connectivity index (χ1n) is 9.01. The van der Waals surface area contributed by atoms with Crippen LogP contribution in [0.15, 0.2) is 41.4 Å². The van der Waals surface area contributed by atoms with Crippen LogP contribution in [-0.2, 0) is 19.5 Å². The van der Waals surface area contributed by atoms with Gasteiger partial charge in [0.2, 0.25) is 0 Å². The number of rotatable bonds is 5. The highest BCUT2D eigenvalue weighted by Crippen LogP contribution is 2.34. The number of fused-ring (bicyclic) bond motifs is 1. The maximum Gasteiger partial charge on any atom is 0.194 e. The summed E-state index contributed by atoms with van der Waals surface area (Å²) >= 11 is 0. The molecule has 27 heavy (non-hydrogen) atoms. The third-order valence-electron chi connectivity index (χ3n) is 4.87. The molecule has 0 fully saturated rings. The molecule has 6 nitrogen and oxygen atoms in total. The van der Waals surface area contributed by atoms with Crippen molar-refractivity contribution in [1.82, 2.24) is 10.2 Å². The van der Waals surface area contributed by atoms with Crippen molar-refractivity contribution < 1.29 is 14.2 Å². The van der Waals surface area contributed by atoms with Gasteiger partial charge in [0.25, 0.3) is 0 Å². The van der Waals surface area contributed by atoms with E-state index >= 15 is 0 Å². The summed E-state index contributed by atoms with van der Waals surface area (Å²) in [6.07, 6.45) is 1.02. The summed E-state index contributed by atoms with van der Waals surface area (Å²) in [5.41, 5.74) is 3.76. The van der Waals surface area contributed by atoms with Gasteiger partial charge in [-0.2, -0.15) is 0 Å². The number of nitrogens with one attached hydrogen (secondary N) is 1. The average molecular weight is 369 g/mol. The van der Waals surface area contributed by atoms with Crippen molar-refractivity contribution in [2.75, 3.05) is 34.9 Å². The highest BCUT2D eigenvalue weighted by atomic mass is 16.5. The molecule has 1 heterocycles. The lowest BCUT2D eigenvalue weighted by atomic mass is 10.0. The lowest BCUT2D eigenvalue weighted by Crippen LogP contribution is -2.43. The van der Waals surface area contributed by atoms with Gasteiger partial charge >= 0.3 is 0 Å². The first-order valence-corrected chi connectivity index (χ1v) is 9.01. The second-order valence-electron chi connectivity index (χ2n) is 6.36. The van der Waals surface area contributed by atoms with Crippen molar-refractivity contribution in [3.8, 4) is 17.2 Å². The molecule has 3 rings (SSSR count). The largest absolute Gasteiger partial charge is 0.496 e. The first-order chi connectivity index (χ1) is 13.2. The number of ether oxygens (including phenoxy) is 3. The van der Waals surface area contributed by atoms with E-state index in [0.29, 0.717) is 18.0 Å². The lowest BCUT2D eigenvalue weighted by Gasteiger charge is -2.31. The topological polar surface area (TPSA) is 55.3 Å². The predicted molar refractivity (Wildman–Crippen MR) is 107 cm³/mol. The van der Waals surface area contributed by atoms with Crippen LogP contribution in [0.25, 0.3) is 0 Å². The van der Waals surface area contributed by atoms with Gasteiger partial charge in [-0.05, 0) is 23.6 Å². The number of aliphatic imine (C=N–C) groups is 1. The van der Waals surface area contributed by atoms with Crippen LogP contribution in [0.2, 0.25) is 0 Å². The van der Waals surface area contributed by atoms with Crippen molar-refractivity contribution in [3.05, 3.63) is 53.1 Å². The van der Waals surface area contributed by atoms with Crippen LogP contribution in [-0.4, -0.2) is 45.8 Å². The van der Waals surface area contributed by atoms with Crippen LogP contribution < -0.4 is 19.5 Å². The van der Waals surface area contributed by atoms with Crippen LogP contribution >= 0.6 is 0 Å². The van der Waals surface area contributed by atoms with Gasteiger partial charge in [0, 0.05) is 38.3 Å². The zero-order chi connectivity index (χ0) is 19.2. The van der Waals surface area contributed by atoms with Gasteiger partial charge in [-0.15, -0.1) is 0 Å². The Morgan fingerprint density at radius 3 is 2.33 bits per heavy atom. The van der Waals surface area contributed by atoms with E-state index in [0.717, 1.165) is 36.8 Å². The van der Waals surface area contributed by atoms with Gasteiger partial charge in [0.05, 0.1) is 21.3 Å². The second kappa shape index (κ2) is 8.66. The van der Waals surface area contributed by atoms with E-state index in [1.807, 2.05) is 19.2 Å². The van der Waals surface area contributed by atoms with Crippen molar-refractivity contribution in [3.63, 3.8) is 0 Å². The highest BCUT2D eigenvalue weighted by Gasteiger charge is 2.19. The lowest BCUT2D eigenvalue weighted by molar-refractivity contribution is 0.347. The SMILES string of the molecule is CN=C(NCc1cc(OC)c(OC)cc1OC)N1CCc2ccccc2C1. The number of benzene rings is 2. The number of hydrogen-bond donors (Lipinski definition) is 1. The summed E-state index contributed by atoms with van der Waals surface area (Å²) < 4.78 is 16.3. The quantitative estimate of drug-likeness (QED) is 0.649. The van der Waals surface area contributed by atoms with E-state index in [2.05, 4.69) is 39.5 Å². The van der Waals surface area contributed by atoms with E-state index in [1.54, 1.807) is 21.3 Å². The highest BCUT2D eigenvalue weighted by molar-refractivity contribution is 5.80. The van der Waals surface area contributed by atoms with Gasteiger partial charge in [-0.25, -0.2) is 0 Å². The molecule has 2 aromatic rings. The Hall–Kier alpha value is -2.89. The van der Waals surface area contributed by atoms with Gasteiger partial charge in [-0.3, -0.25) is 4.99 Å². The molecule has 1 aliphatic heterocycles. The van der Waals surface area contributed by atoms with Gasteiger partial charge in [0.15, 0.2) is 17.5 Å². The Balaban J connectivity index is 1.73. The Bertz CT molecular complexity index is 820. The van der Waals surface area contributed by atoms with Crippen molar-refractivity contribution >= 4 is 5.96 Å². The number of hydrogen-bond acceptors (Lipinski definition) is 4. The molecule has 0 aliphatic carbocycles. The molecule has 144 valence electrons. The zero-order valence-corrected chi connectivity index (χ0v) is 16.4. The Morgan fingerprint density at radius 1 is 1.00 bits per heavy atom. The molecular weight excluding hydrogens is 342 g/mol. The minimum Gasteiger partial charge on any atom is -0.496 e. The molecule has 1 aliphatic rings. The third kappa shape index (κ3) is 4.10. The zero-order valence-electron chi connectivity index (χ0n) is 16.4. The van der Waals surface area contributed by atoms with Crippen molar-refractivity contribution in [2.45, 2.75) is 19.5 Å². The molecular formula is C21H27N3O3. The van der Waals surface area contributed by atoms with E-state index in [4.69, 9.17) is 14.2 Å². The molecule has 0 radical (unpaired) electrons. The molecule has 0 unspecified atom stereocenters. The van der Waals surface area contributed by atoms with Crippen LogP contribution in [0.5, 0.6) is 17.2 Å². The Kier molecular flexibility index (Phi) is 6.06. The van der Waals surface area contributed by atoms with E-state index in [9.17, 15) is 0 Å².